The second-order valence-electron chi connectivity index (χ2n) is 6.89. The van der Waals surface area contributed by atoms with Gasteiger partial charge in [-0.25, -0.2) is 0 Å². The Hall–Kier alpha value is -0.130. The maximum atomic E-state index is 11.1. The Kier molecular flexibility index (Phi) is 3.32. The highest BCUT2D eigenvalue weighted by atomic mass is 32.2. The summed E-state index contributed by atoms with van der Waals surface area (Å²) in [5.74, 6) is 0. The molecule has 0 aromatic heterocycles. The average molecular weight is 275 g/mol. The lowest BCUT2D eigenvalue weighted by molar-refractivity contribution is 0.0932. The molecule has 0 N–H and O–H groups in total. The van der Waals surface area contributed by atoms with Crippen molar-refractivity contribution < 1.29 is 12.6 Å². The molecule has 0 spiro atoms. The van der Waals surface area contributed by atoms with E-state index in [0.717, 1.165) is 25.5 Å². The summed E-state index contributed by atoms with van der Waals surface area (Å²) in [6.45, 7) is 9.28. The number of hydrogen-bond donors (Lipinski definition) is 0. The van der Waals surface area contributed by atoms with Crippen LogP contribution in [0.4, 0.5) is 0 Å². The molecule has 0 aromatic rings. The molecule has 4 nitrogen and oxygen atoms in total. The van der Waals surface area contributed by atoms with Crippen molar-refractivity contribution in [2.24, 2.45) is 5.41 Å². The number of hydrogen-bond acceptors (Lipinski definition) is 4. The summed E-state index contributed by atoms with van der Waals surface area (Å²) in [5.41, 5.74) is 0.242. The first kappa shape index (κ1) is 14.3. The molecule has 5 heteroatoms. The molecule has 0 bridgehead atoms. The Morgan fingerprint density at radius 2 is 1.94 bits per heavy atom. The maximum Gasteiger partial charge on any atom is 0.264 e. The van der Waals surface area contributed by atoms with Crippen molar-refractivity contribution in [2.75, 3.05) is 12.9 Å². The van der Waals surface area contributed by atoms with Gasteiger partial charge >= 0.3 is 0 Å². The van der Waals surface area contributed by atoms with E-state index in [1.165, 1.54) is 0 Å². The van der Waals surface area contributed by atoms with Crippen LogP contribution in [-0.4, -0.2) is 43.8 Å². The van der Waals surface area contributed by atoms with Crippen LogP contribution in [0.1, 0.15) is 47.0 Å². The zero-order chi connectivity index (χ0) is 13.8. The predicted octanol–water partition coefficient (Wildman–Crippen LogP) is 2.00. The summed E-state index contributed by atoms with van der Waals surface area (Å²) >= 11 is 0. The quantitative estimate of drug-likeness (QED) is 0.736. The monoisotopic (exact) mass is 275 g/mol. The fourth-order valence-corrected chi connectivity index (χ4v) is 4.00. The van der Waals surface area contributed by atoms with Crippen LogP contribution in [0.15, 0.2) is 0 Å². The van der Waals surface area contributed by atoms with Crippen LogP contribution in [0.5, 0.6) is 0 Å². The van der Waals surface area contributed by atoms with Crippen LogP contribution in [0.3, 0.4) is 0 Å². The highest BCUT2D eigenvalue weighted by Crippen LogP contribution is 2.61. The third-order valence-electron chi connectivity index (χ3n) is 4.32. The van der Waals surface area contributed by atoms with Crippen LogP contribution in [0.2, 0.25) is 0 Å². The van der Waals surface area contributed by atoms with Crippen LogP contribution in [-0.2, 0) is 14.3 Å². The van der Waals surface area contributed by atoms with E-state index >= 15 is 0 Å². The van der Waals surface area contributed by atoms with Crippen molar-refractivity contribution in [1.29, 1.82) is 0 Å². The smallest absolute Gasteiger partial charge is 0.264 e. The fourth-order valence-electron chi connectivity index (χ4n) is 3.56. The lowest BCUT2D eigenvalue weighted by Gasteiger charge is -2.38. The molecule has 1 heterocycles. The van der Waals surface area contributed by atoms with Crippen molar-refractivity contribution in [2.45, 2.75) is 64.6 Å². The van der Waals surface area contributed by atoms with Gasteiger partial charge in [0.15, 0.2) is 0 Å². The van der Waals surface area contributed by atoms with Gasteiger partial charge in [-0.1, -0.05) is 6.92 Å². The topological polar surface area (TPSA) is 46.6 Å². The molecule has 2 aliphatic rings. The molecule has 2 rings (SSSR count). The summed E-state index contributed by atoms with van der Waals surface area (Å²) in [4.78, 5) is 2.57. The molecule has 1 aliphatic carbocycles. The molecule has 1 aliphatic heterocycles. The molecule has 0 radical (unpaired) electrons. The van der Waals surface area contributed by atoms with E-state index in [-0.39, 0.29) is 11.0 Å². The van der Waals surface area contributed by atoms with Crippen LogP contribution in [0.25, 0.3) is 0 Å². The maximum absolute atomic E-state index is 11.1. The van der Waals surface area contributed by atoms with Gasteiger partial charge in [-0.15, -0.1) is 0 Å². The summed E-state index contributed by atoms with van der Waals surface area (Å²) < 4.78 is 27.3. The Bertz CT molecular complexity index is 426. The van der Waals surface area contributed by atoms with Crippen molar-refractivity contribution in [3.8, 4) is 0 Å². The van der Waals surface area contributed by atoms with Gasteiger partial charge in [0.1, 0.15) is 0 Å². The Labute approximate surface area is 111 Å². The van der Waals surface area contributed by atoms with Gasteiger partial charge in [0.05, 0.1) is 12.9 Å². The Balaban J connectivity index is 2.08. The highest BCUT2D eigenvalue weighted by Gasteiger charge is 2.66. The van der Waals surface area contributed by atoms with Gasteiger partial charge in [-0.3, -0.25) is 9.08 Å². The molecular weight excluding hydrogens is 250 g/mol. The lowest BCUT2D eigenvalue weighted by Crippen LogP contribution is -2.46. The number of rotatable bonds is 4. The van der Waals surface area contributed by atoms with E-state index in [0.29, 0.717) is 18.7 Å². The third-order valence-corrected chi connectivity index (χ3v) is 4.87. The highest BCUT2D eigenvalue weighted by molar-refractivity contribution is 7.85. The summed E-state index contributed by atoms with van der Waals surface area (Å²) in [6, 6.07) is 1.07. The molecule has 3 atom stereocenters. The van der Waals surface area contributed by atoms with E-state index in [4.69, 9.17) is 4.18 Å². The fraction of sp³-hybridized carbons (Fsp3) is 1.00. The lowest BCUT2D eigenvalue weighted by atomic mass is 9.97. The summed E-state index contributed by atoms with van der Waals surface area (Å²) in [6.07, 6.45) is 4.40. The minimum absolute atomic E-state index is 0.0943. The molecule has 0 unspecified atom stereocenters. The zero-order valence-electron chi connectivity index (χ0n) is 12.1. The first-order valence-corrected chi connectivity index (χ1v) is 8.53. The van der Waals surface area contributed by atoms with E-state index in [1.54, 1.807) is 0 Å². The van der Waals surface area contributed by atoms with E-state index < -0.39 is 10.1 Å². The zero-order valence-corrected chi connectivity index (χ0v) is 12.9. The molecular formula is C13H25NO3S. The van der Waals surface area contributed by atoms with Gasteiger partial charge in [0.2, 0.25) is 0 Å². The second kappa shape index (κ2) is 4.18. The summed E-state index contributed by atoms with van der Waals surface area (Å²) in [7, 11) is -3.32. The van der Waals surface area contributed by atoms with Crippen LogP contribution in [0, 0.1) is 5.41 Å². The SMILES string of the molecule is CC[C@H]1C[C@@]2(COS(C)(=O)=O)C[C@H]2N1C(C)(C)C. The van der Waals surface area contributed by atoms with Crippen LogP contribution < -0.4 is 0 Å². The number of likely N-dealkylation sites (tertiary alicyclic amines) is 1. The standard InChI is InChI=1S/C13H25NO3S/c1-6-10-7-13(9-17-18(5,15)16)8-11(13)14(10)12(2,3)4/h10-11H,6-9H2,1-5H3/t10-,11+,13-/m0/s1. The molecule has 0 aromatic carbocycles. The Morgan fingerprint density at radius 1 is 1.33 bits per heavy atom. The second-order valence-corrected chi connectivity index (χ2v) is 8.54. The van der Waals surface area contributed by atoms with E-state index in [1.807, 2.05) is 0 Å². The first-order chi connectivity index (χ1) is 8.09. The third kappa shape index (κ3) is 2.58. The normalized spacial score (nSPS) is 36.7. The van der Waals surface area contributed by atoms with Gasteiger partial charge in [-0.05, 0) is 40.0 Å². The molecule has 106 valence electrons. The minimum atomic E-state index is -3.32. The van der Waals surface area contributed by atoms with Crippen molar-refractivity contribution in [3.05, 3.63) is 0 Å². The molecule has 18 heavy (non-hydrogen) atoms. The minimum Gasteiger partial charge on any atom is -0.292 e. The van der Waals surface area contributed by atoms with Gasteiger partial charge in [0.25, 0.3) is 10.1 Å². The predicted molar refractivity (Wildman–Crippen MR) is 71.9 cm³/mol. The number of piperidine rings is 1. The van der Waals surface area contributed by atoms with E-state index in [9.17, 15) is 8.42 Å². The average Bonchev–Trinajstić information content (AvgIpc) is 2.78. The van der Waals surface area contributed by atoms with Gasteiger partial charge in [0, 0.05) is 23.0 Å². The molecule has 1 saturated heterocycles. The van der Waals surface area contributed by atoms with E-state index in [2.05, 4.69) is 32.6 Å². The molecule has 2 fully saturated rings. The molecule has 1 saturated carbocycles. The Morgan fingerprint density at radius 3 is 2.33 bits per heavy atom. The first-order valence-electron chi connectivity index (χ1n) is 6.72. The number of nitrogens with zero attached hydrogens (tertiary/aromatic N) is 1. The summed E-state index contributed by atoms with van der Waals surface area (Å²) in [5, 5.41) is 0. The van der Waals surface area contributed by atoms with Gasteiger partial charge in [-0.2, -0.15) is 8.42 Å². The molecule has 0 amide bonds. The number of fused-ring (bicyclic) bond motifs is 1. The van der Waals surface area contributed by atoms with Crippen molar-refractivity contribution in [1.82, 2.24) is 4.90 Å². The van der Waals surface area contributed by atoms with Crippen molar-refractivity contribution in [3.63, 3.8) is 0 Å². The largest absolute Gasteiger partial charge is 0.292 e. The van der Waals surface area contributed by atoms with Crippen molar-refractivity contribution >= 4 is 10.1 Å². The van der Waals surface area contributed by atoms with Gasteiger partial charge < -0.3 is 0 Å². The van der Waals surface area contributed by atoms with Crippen LogP contribution >= 0.6 is 0 Å².